The number of nitrogens with zero attached hydrogens (tertiary/aromatic N) is 1. The van der Waals surface area contributed by atoms with Gasteiger partial charge in [-0.15, -0.1) is 0 Å². The lowest BCUT2D eigenvalue weighted by molar-refractivity contribution is -0.118. The van der Waals surface area contributed by atoms with E-state index in [2.05, 4.69) is 37.5 Å². The number of hydrogen-bond donors (Lipinski definition) is 2. The molecule has 2 aromatic carbocycles. The molecule has 36 heavy (non-hydrogen) atoms. The number of benzene rings is 2. The highest BCUT2D eigenvalue weighted by atomic mass is 35.5. The molecule has 1 heterocycles. The molecule has 2 aromatic rings. The molecular formula is C29H30ClN3O2S. The second kappa shape index (κ2) is 10.5. The van der Waals surface area contributed by atoms with Gasteiger partial charge in [0.15, 0.2) is 5.78 Å². The Morgan fingerprint density at radius 1 is 1.22 bits per heavy atom. The van der Waals surface area contributed by atoms with E-state index in [-0.39, 0.29) is 22.9 Å². The molecule has 186 valence electrons. The summed E-state index contributed by atoms with van der Waals surface area (Å²) in [5, 5.41) is 17.9. The first kappa shape index (κ1) is 26.1. The number of thioether (sulfide) groups is 1. The lowest BCUT2D eigenvalue weighted by atomic mass is 9.69. The summed E-state index contributed by atoms with van der Waals surface area (Å²) < 4.78 is 0. The third kappa shape index (κ3) is 5.38. The topological polar surface area (TPSA) is 82.0 Å². The average molecular weight is 520 g/mol. The number of dihydropyridines is 1. The Balaban J connectivity index is 1.65. The molecule has 0 spiro atoms. The number of anilines is 1. The molecule has 0 unspecified atom stereocenters. The van der Waals surface area contributed by atoms with Gasteiger partial charge in [0, 0.05) is 28.4 Å². The van der Waals surface area contributed by atoms with Crippen molar-refractivity contribution in [1.29, 1.82) is 5.26 Å². The smallest absolute Gasteiger partial charge is 0.234 e. The molecule has 1 amide bonds. The standard InChI is InChI=1S/C29H30ClN3O2S/c1-5-18-8-6-7-17(2)27(18)33-24(35)16-36-28-21(15-31)25(19-9-11-20(30)12-10-19)26-22(32-28)13-29(3,4)14-23(26)34/h6-12,25,32H,5,13-14,16H2,1-4H3,(H,33,35)/t25-/m1/s1. The first-order chi connectivity index (χ1) is 17.1. The second-order valence-electron chi connectivity index (χ2n) is 10.1. The van der Waals surface area contributed by atoms with Gasteiger partial charge in [-0.3, -0.25) is 9.59 Å². The zero-order valence-corrected chi connectivity index (χ0v) is 22.6. The summed E-state index contributed by atoms with van der Waals surface area (Å²) in [4.78, 5) is 26.2. The summed E-state index contributed by atoms with van der Waals surface area (Å²) in [5.74, 6) is -0.438. The van der Waals surface area contributed by atoms with Gasteiger partial charge in [-0.25, -0.2) is 0 Å². The van der Waals surface area contributed by atoms with Crippen LogP contribution in [0.25, 0.3) is 0 Å². The van der Waals surface area contributed by atoms with E-state index in [1.54, 1.807) is 12.1 Å². The van der Waals surface area contributed by atoms with Crippen molar-refractivity contribution >= 4 is 40.7 Å². The van der Waals surface area contributed by atoms with E-state index < -0.39 is 5.92 Å². The van der Waals surface area contributed by atoms with E-state index in [1.165, 1.54) is 11.8 Å². The zero-order chi connectivity index (χ0) is 26.0. The largest absolute Gasteiger partial charge is 0.352 e. The van der Waals surface area contributed by atoms with E-state index in [4.69, 9.17) is 11.6 Å². The quantitative estimate of drug-likeness (QED) is 0.446. The summed E-state index contributed by atoms with van der Waals surface area (Å²) in [6.45, 7) is 8.19. The van der Waals surface area contributed by atoms with Crippen LogP contribution < -0.4 is 10.6 Å². The molecule has 4 rings (SSSR count). The van der Waals surface area contributed by atoms with E-state index >= 15 is 0 Å². The molecule has 2 aliphatic rings. The maximum Gasteiger partial charge on any atom is 0.234 e. The molecule has 0 bridgehead atoms. The lowest BCUT2D eigenvalue weighted by Gasteiger charge is -2.39. The fourth-order valence-electron chi connectivity index (χ4n) is 4.99. The molecule has 0 saturated carbocycles. The number of carbonyl (C=O) groups is 2. The number of ketones is 1. The number of aryl methyl sites for hydroxylation is 2. The number of nitrogens with one attached hydrogen (secondary N) is 2. The highest BCUT2D eigenvalue weighted by molar-refractivity contribution is 8.03. The van der Waals surface area contributed by atoms with Crippen LogP contribution in [0.15, 0.2) is 64.3 Å². The van der Waals surface area contributed by atoms with Gasteiger partial charge >= 0.3 is 0 Å². The van der Waals surface area contributed by atoms with Crippen LogP contribution in [-0.4, -0.2) is 17.4 Å². The number of amides is 1. The summed E-state index contributed by atoms with van der Waals surface area (Å²) in [7, 11) is 0. The summed E-state index contributed by atoms with van der Waals surface area (Å²) in [5.41, 5.74) is 5.54. The SMILES string of the molecule is CCc1cccc(C)c1NC(=O)CSC1=C(C#N)[C@@H](c2ccc(Cl)cc2)C2=C(CC(C)(C)CC2=O)N1. The highest BCUT2D eigenvalue weighted by Gasteiger charge is 2.42. The van der Waals surface area contributed by atoms with Gasteiger partial charge < -0.3 is 10.6 Å². The second-order valence-corrected chi connectivity index (χ2v) is 11.5. The minimum absolute atomic E-state index is 0.0508. The molecule has 1 aliphatic carbocycles. The summed E-state index contributed by atoms with van der Waals surface area (Å²) in [6, 6.07) is 15.6. The lowest BCUT2D eigenvalue weighted by Crippen LogP contribution is -2.37. The number of allylic oxidation sites excluding steroid dienone is 3. The Labute approximate surface area is 222 Å². The van der Waals surface area contributed by atoms with E-state index in [0.717, 1.165) is 34.5 Å². The molecule has 2 N–H and O–H groups in total. The van der Waals surface area contributed by atoms with Crippen molar-refractivity contribution in [2.45, 2.75) is 52.9 Å². The summed E-state index contributed by atoms with van der Waals surface area (Å²) >= 11 is 7.42. The van der Waals surface area contributed by atoms with Gasteiger partial charge in [0.2, 0.25) is 5.91 Å². The molecule has 1 atom stereocenters. The Morgan fingerprint density at radius 2 is 1.94 bits per heavy atom. The highest BCUT2D eigenvalue weighted by Crippen LogP contribution is 2.48. The molecule has 7 heteroatoms. The molecule has 5 nitrogen and oxygen atoms in total. The van der Waals surface area contributed by atoms with Gasteiger partial charge in [-0.2, -0.15) is 5.26 Å². The van der Waals surface area contributed by atoms with Crippen LogP contribution in [0, 0.1) is 23.7 Å². The monoisotopic (exact) mass is 519 g/mol. The van der Waals surface area contributed by atoms with E-state index in [1.807, 2.05) is 37.3 Å². The molecule has 0 radical (unpaired) electrons. The number of Topliss-reactive ketones (excluding diaryl/α,β-unsaturated/α-hetero) is 1. The van der Waals surface area contributed by atoms with E-state index in [9.17, 15) is 14.9 Å². The number of rotatable bonds is 6. The van der Waals surface area contributed by atoms with Gasteiger partial charge in [-0.05, 0) is 54.0 Å². The van der Waals surface area contributed by atoms with Gasteiger partial charge in [-0.1, -0.05) is 74.5 Å². The third-order valence-corrected chi connectivity index (χ3v) is 7.95. The predicted molar refractivity (Wildman–Crippen MR) is 147 cm³/mol. The first-order valence-corrected chi connectivity index (χ1v) is 13.4. The van der Waals surface area contributed by atoms with Crippen molar-refractivity contribution in [2.75, 3.05) is 11.1 Å². The van der Waals surface area contributed by atoms with E-state index in [0.29, 0.717) is 34.0 Å². The van der Waals surface area contributed by atoms with Crippen molar-refractivity contribution in [3.8, 4) is 6.07 Å². The van der Waals surface area contributed by atoms with Crippen LogP contribution in [0.3, 0.4) is 0 Å². The Kier molecular flexibility index (Phi) is 7.63. The predicted octanol–water partition coefficient (Wildman–Crippen LogP) is 6.65. The minimum atomic E-state index is -0.485. The fraction of sp³-hybridized carbons (Fsp3) is 0.345. The maximum absolute atomic E-state index is 13.3. The van der Waals surface area contributed by atoms with Gasteiger partial charge in [0.1, 0.15) is 0 Å². The molecule has 0 saturated heterocycles. The van der Waals surface area contributed by atoms with Crippen molar-refractivity contribution < 1.29 is 9.59 Å². The van der Waals surface area contributed by atoms with Crippen molar-refractivity contribution in [2.24, 2.45) is 5.41 Å². The zero-order valence-electron chi connectivity index (χ0n) is 21.0. The molecular weight excluding hydrogens is 490 g/mol. The van der Waals surface area contributed by atoms with Crippen LogP contribution >= 0.6 is 23.4 Å². The maximum atomic E-state index is 13.3. The first-order valence-electron chi connectivity index (χ1n) is 12.1. The average Bonchev–Trinajstić information content (AvgIpc) is 2.82. The Morgan fingerprint density at radius 3 is 2.61 bits per heavy atom. The fourth-order valence-corrected chi connectivity index (χ4v) is 5.98. The van der Waals surface area contributed by atoms with Crippen LogP contribution in [0.5, 0.6) is 0 Å². The molecule has 1 aliphatic heterocycles. The minimum Gasteiger partial charge on any atom is -0.352 e. The van der Waals surface area contributed by atoms with Crippen molar-refractivity contribution in [3.05, 3.63) is 86.0 Å². The Hall–Kier alpha value is -3.01. The van der Waals surface area contributed by atoms with Crippen molar-refractivity contribution in [1.82, 2.24) is 5.32 Å². The summed E-state index contributed by atoms with van der Waals surface area (Å²) in [6.07, 6.45) is 1.94. The van der Waals surface area contributed by atoms with Gasteiger partial charge in [0.05, 0.1) is 28.3 Å². The van der Waals surface area contributed by atoms with Crippen LogP contribution in [0.2, 0.25) is 5.02 Å². The van der Waals surface area contributed by atoms with Crippen molar-refractivity contribution in [3.63, 3.8) is 0 Å². The third-order valence-electron chi connectivity index (χ3n) is 6.68. The van der Waals surface area contributed by atoms with Crippen LogP contribution in [0.1, 0.15) is 56.2 Å². The Bertz CT molecular complexity index is 1320. The number of para-hydroxylation sites is 1. The number of halogens is 1. The number of nitriles is 1. The molecule has 0 aromatic heterocycles. The van der Waals surface area contributed by atoms with Gasteiger partial charge in [0.25, 0.3) is 0 Å². The normalized spacial score (nSPS) is 18.9. The molecule has 0 fully saturated rings. The number of carbonyl (C=O) groups excluding carboxylic acids is 2. The number of hydrogen-bond acceptors (Lipinski definition) is 5. The van der Waals surface area contributed by atoms with Crippen LogP contribution in [0.4, 0.5) is 5.69 Å². The van der Waals surface area contributed by atoms with Crippen LogP contribution in [-0.2, 0) is 16.0 Å².